The molecule has 17 heavy (non-hydrogen) atoms. The molecule has 0 aromatic rings. The molecule has 0 spiro atoms. The Balaban J connectivity index is 1.93. The minimum absolute atomic E-state index is 0.167. The number of hydrogen-bond donors (Lipinski definition) is 2. The van der Waals surface area contributed by atoms with E-state index in [0.717, 1.165) is 58.5 Å². The van der Waals surface area contributed by atoms with Crippen LogP contribution >= 0.6 is 0 Å². The predicted molar refractivity (Wildman–Crippen MR) is 69.1 cm³/mol. The Morgan fingerprint density at radius 2 is 1.76 bits per heavy atom. The minimum Gasteiger partial charge on any atom is -0.317 e. The van der Waals surface area contributed by atoms with E-state index in [1.54, 1.807) is 0 Å². The van der Waals surface area contributed by atoms with E-state index in [1.807, 2.05) is 0 Å². The van der Waals surface area contributed by atoms with Crippen LogP contribution < -0.4 is 10.6 Å². The summed E-state index contributed by atoms with van der Waals surface area (Å²) in [6, 6.07) is 0.167. The molecule has 0 radical (unpaired) electrons. The van der Waals surface area contributed by atoms with Crippen molar-refractivity contribution in [2.24, 2.45) is 5.92 Å². The zero-order chi connectivity index (χ0) is 12.1. The lowest BCUT2D eigenvalue weighted by Crippen LogP contribution is -2.52. The van der Waals surface area contributed by atoms with E-state index in [0.29, 0.717) is 11.7 Å². The summed E-state index contributed by atoms with van der Waals surface area (Å²) in [4.78, 5) is 14.9. The van der Waals surface area contributed by atoms with Crippen LogP contribution in [0.15, 0.2) is 0 Å². The number of Topliss-reactive ketones (excluding diaryl/α,β-unsaturated/α-hetero) is 1. The number of ketones is 1. The van der Waals surface area contributed by atoms with Crippen molar-refractivity contribution in [1.29, 1.82) is 0 Å². The van der Waals surface area contributed by atoms with Crippen LogP contribution in [0.3, 0.4) is 0 Å². The molecule has 2 rings (SSSR count). The van der Waals surface area contributed by atoms with Gasteiger partial charge in [0.1, 0.15) is 0 Å². The molecule has 0 saturated carbocycles. The zero-order valence-corrected chi connectivity index (χ0v) is 10.9. The second kappa shape index (κ2) is 6.47. The fourth-order valence-corrected chi connectivity index (χ4v) is 3.01. The normalized spacial score (nSPS) is 25.7. The lowest BCUT2D eigenvalue weighted by molar-refractivity contribution is -0.129. The van der Waals surface area contributed by atoms with Crippen molar-refractivity contribution in [1.82, 2.24) is 15.5 Å². The van der Waals surface area contributed by atoms with E-state index in [-0.39, 0.29) is 6.04 Å². The van der Waals surface area contributed by atoms with Crippen LogP contribution in [0.4, 0.5) is 0 Å². The Bertz CT molecular complexity index is 245. The smallest absolute Gasteiger partial charge is 0.153 e. The van der Waals surface area contributed by atoms with Crippen molar-refractivity contribution in [3.63, 3.8) is 0 Å². The van der Waals surface area contributed by atoms with Gasteiger partial charge in [-0.15, -0.1) is 0 Å². The van der Waals surface area contributed by atoms with Crippen molar-refractivity contribution in [2.75, 3.05) is 39.3 Å². The van der Waals surface area contributed by atoms with Crippen molar-refractivity contribution >= 4 is 5.78 Å². The van der Waals surface area contributed by atoms with Crippen LogP contribution in [-0.2, 0) is 4.79 Å². The highest BCUT2D eigenvalue weighted by atomic mass is 16.1. The standard InChI is InChI=1S/C13H25N3O/c1-2-12(16-9-7-15-8-10-16)13(17)11-3-5-14-6-4-11/h11-12,14-15H,2-10H2,1H3. The third kappa shape index (κ3) is 3.27. The van der Waals surface area contributed by atoms with Gasteiger partial charge in [-0.1, -0.05) is 6.92 Å². The Labute approximate surface area is 104 Å². The average molecular weight is 239 g/mol. The van der Waals surface area contributed by atoms with E-state index in [4.69, 9.17) is 0 Å². The number of piperidine rings is 1. The topological polar surface area (TPSA) is 44.4 Å². The summed E-state index contributed by atoms with van der Waals surface area (Å²) in [6.45, 7) is 8.25. The van der Waals surface area contributed by atoms with Crippen molar-refractivity contribution in [3.8, 4) is 0 Å². The molecular formula is C13H25N3O. The number of hydrogen-bond acceptors (Lipinski definition) is 4. The van der Waals surface area contributed by atoms with E-state index in [2.05, 4.69) is 22.5 Å². The SMILES string of the molecule is CCC(C(=O)C1CCNCC1)N1CCNCC1. The average Bonchev–Trinajstić information content (AvgIpc) is 2.42. The first-order valence-electron chi connectivity index (χ1n) is 7.02. The van der Waals surface area contributed by atoms with Gasteiger partial charge in [0.25, 0.3) is 0 Å². The Morgan fingerprint density at radius 1 is 1.18 bits per heavy atom. The summed E-state index contributed by atoms with van der Waals surface area (Å²) in [5, 5.41) is 6.68. The quantitative estimate of drug-likeness (QED) is 0.737. The van der Waals surface area contributed by atoms with Crippen LogP contribution in [0.2, 0.25) is 0 Å². The third-order valence-electron chi connectivity index (χ3n) is 4.05. The zero-order valence-electron chi connectivity index (χ0n) is 10.9. The van der Waals surface area contributed by atoms with Crippen LogP contribution in [0, 0.1) is 5.92 Å². The fraction of sp³-hybridized carbons (Fsp3) is 0.923. The second-order valence-corrected chi connectivity index (χ2v) is 5.14. The lowest BCUT2D eigenvalue weighted by atomic mass is 9.88. The van der Waals surface area contributed by atoms with E-state index in [1.165, 1.54) is 0 Å². The summed E-state index contributed by atoms with van der Waals surface area (Å²) < 4.78 is 0. The molecular weight excluding hydrogens is 214 g/mol. The maximum Gasteiger partial charge on any atom is 0.153 e. The first-order chi connectivity index (χ1) is 8.33. The molecule has 2 aliphatic rings. The highest BCUT2D eigenvalue weighted by Crippen LogP contribution is 2.19. The molecule has 0 aromatic heterocycles. The van der Waals surface area contributed by atoms with Crippen LogP contribution in [0.1, 0.15) is 26.2 Å². The number of nitrogens with one attached hydrogen (secondary N) is 2. The number of carbonyl (C=O) groups excluding carboxylic acids is 1. The number of rotatable bonds is 4. The number of piperazine rings is 1. The first kappa shape index (κ1) is 13.0. The van der Waals surface area contributed by atoms with Gasteiger partial charge in [0, 0.05) is 32.1 Å². The molecule has 4 nitrogen and oxygen atoms in total. The molecule has 2 N–H and O–H groups in total. The van der Waals surface area contributed by atoms with Gasteiger partial charge in [-0.25, -0.2) is 0 Å². The minimum atomic E-state index is 0.167. The Morgan fingerprint density at radius 3 is 2.35 bits per heavy atom. The van der Waals surface area contributed by atoms with Crippen molar-refractivity contribution in [3.05, 3.63) is 0 Å². The molecule has 0 aliphatic carbocycles. The van der Waals surface area contributed by atoms with Gasteiger partial charge >= 0.3 is 0 Å². The fourth-order valence-electron chi connectivity index (χ4n) is 3.01. The maximum absolute atomic E-state index is 12.5. The maximum atomic E-state index is 12.5. The predicted octanol–water partition coefficient (Wildman–Crippen LogP) is 0.239. The Kier molecular flexibility index (Phi) is 4.95. The van der Waals surface area contributed by atoms with Gasteiger partial charge in [0.05, 0.1) is 6.04 Å². The first-order valence-corrected chi connectivity index (χ1v) is 7.02. The number of nitrogens with zero attached hydrogens (tertiary/aromatic N) is 1. The summed E-state index contributed by atoms with van der Waals surface area (Å²) >= 11 is 0. The number of carbonyl (C=O) groups is 1. The van der Waals surface area contributed by atoms with E-state index < -0.39 is 0 Å². The molecule has 2 saturated heterocycles. The van der Waals surface area contributed by atoms with Gasteiger partial charge in [-0.05, 0) is 32.4 Å². The summed E-state index contributed by atoms with van der Waals surface area (Å²) in [7, 11) is 0. The largest absolute Gasteiger partial charge is 0.317 e. The highest BCUT2D eigenvalue weighted by molar-refractivity contribution is 5.86. The van der Waals surface area contributed by atoms with E-state index in [9.17, 15) is 4.79 Å². The van der Waals surface area contributed by atoms with E-state index >= 15 is 0 Å². The van der Waals surface area contributed by atoms with Gasteiger partial charge in [-0.3, -0.25) is 9.69 Å². The Hall–Kier alpha value is -0.450. The van der Waals surface area contributed by atoms with Gasteiger partial charge in [0.15, 0.2) is 5.78 Å². The molecule has 0 amide bonds. The van der Waals surface area contributed by atoms with Crippen LogP contribution in [-0.4, -0.2) is 56.0 Å². The molecule has 2 fully saturated rings. The van der Waals surface area contributed by atoms with Crippen molar-refractivity contribution in [2.45, 2.75) is 32.2 Å². The molecule has 0 bridgehead atoms. The van der Waals surface area contributed by atoms with Gasteiger partial charge in [0.2, 0.25) is 0 Å². The highest BCUT2D eigenvalue weighted by Gasteiger charge is 2.31. The van der Waals surface area contributed by atoms with Crippen LogP contribution in [0.25, 0.3) is 0 Å². The summed E-state index contributed by atoms with van der Waals surface area (Å²) in [6.07, 6.45) is 3.02. The third-order valence-corrected chi connectivity index (χ3v) is 4.05. The molecule has 98 valence electrons. The monoisotopic (exact) mass is 239 g/mol. The molecule has 0 aromatic carbocycles. The second-order valence-electron chi connectivity index (χ2n) is 5.14. The van der Waals surface area contributed by atoms with Gasteiger partial charge < -0.3 is 10.6 Å². The van der Waals surface area contributed by atoms with Gasteiger partial charge in [-0.2, -0.15) is 0 Å². The van der Waals surface area contributed by atoms with Crippen molar-refractivity contribution < 1.29 is 4.79 Å². The lowest BCUT2D eigenvalue weighted by Gasteiger charge is -2.36. The molecule has 2 heterocycles. The van der Waals surface area contributed by atoms with Crippen LogP contribution in [0.5, 0.6) is 0 Å². The summed E-state index contributed by atoms with van der Waals surface area (Å²) in [5.41, 5.74) is 0. The molecule has 1 unspecified atom stereocenters. The molecule has 2 aliphatic heterocycles. The summed E-state index contributed by atoms with van der Waals surface area (Å²) in [5.74, 6) is 0.798. The molecule has 1 atom stereocenters. The molecule has 4 heteroatoms.